The number of ether oxygens (including phenoxy) is 2. The lowest BCUT2D eigenvalue weighted by atomic mass is 9.87. The first kappa shape index (κ1) is 17.3. The van der Waals surface area contributed by atoms with Crippen molar-refractivity contribution < 1.29 is 19.4 Å². The Hall–Kier alpha value is -3.10. The van der Waals surface area contributed by atoms with Crippen molar-refractivity contribution >= 4 is 11.8 Å². The van der Waals surface area contributed by atoms with Gasteiger partial charge in [0.25, 0.3) is 0 Å². The van der Waals surface area contributed by atoms with E-state index in [1.54, 1.807) is 32.0 Å². The molecule has 1 saturated carbocycles. The molecule has 1 aromatic carbocycles. The van der Waals surface area contributed by atoms with Gasteiger partial charge in [0.05, 0.1) is 23.6 Å². The fourth-order valence-electron chi connectivity index (χ4n) is 3.54. The highest BCUT2D eigenvalue weighted by Gasteiger charge is 2.54. The summed E-state index contributed by atoms with van der Waals surface area (Å²) in [5, 5.41) is 34.3. The minimum Gasteiger partial charge on any atom is -0.485 e. The van der Waals surface area contributed by atoms with Crippen LogP contribution in [0.1, 0.15) is 37.5 Å². The average molecular weight is 366 g/mol. The molecule has 1 N–H and O–H groups in total. The number of carbonyl (C=O) groups excluding carboxylic acids is 1. The highest BCUT2D eigenvalue weighted by atomic mass is 16.5. The second kappa shape index (κ2) is 5.97. The van der Waals surface area contributed by atoms with Gasteiger partial charge in [-0.2, -0.15) is 10.5 Å². The quantitative estimate of drug-likeness (QED) is 0.792. The van der Waals surface area contributed by atoms with E-state index in [4.69, 9.17) is 14.7 Å². The molecule has 0 aromatic heterocycles. The molecule has 3 aliphatic rings. The number of nitrogens with zero attached hydrogens (tertiary/aromatic N) is 4. The van der Waals surface area contributed by atoms with Crippen LogP contribution in [0.4, 0.5) is 0 Å². The van der Waals surface area contributed by atoms with Crippen molar-refractivity contribution in [3.05, 3.63) is 29.3 Å². The number of amides is 1. The number of hydrazone groups is 1. The lowest BCUT2D eigenvalue weighted by Crippen LogP contribution is -2.50. The van der Waals surface area contributed by atoms with Crippen LogP contribution < -0.4 is 4.74 Å². The molecule has 0 unspecified atom stereocenters. The zero-order valence-electron chi connectivity index (χ0n) is 14.9. The molecule has 138 valence electrons. The molecular formula is C19H18N4O4. The molecule has 2 aliphatic heterocycles. The first-order valence-corrected chi connectivity index (χ1v) is 8.70. The zero-order valence-corrected chi connectivity index (χ0v) is 14.9. The molecule has 8 nitrogen and oxygen atoms in total. The molecular weight excluding hydrogens is 348 g/mol. The van der Waals surface area contributed by atoms with E-state index >= 15 is 0 Å². The van der Waals surface area contributed by atoms with E-state index in [0.29, 0.717) is 29.2 Å². The zero-order chi connectivity index (χ0) is 19.3. The molecule has 0 bridgehead atoms. The Morgan fingerprint density at radius 1 is 1.41 bits per heavy atom. The smallest absolute Gasteiger partial charge is 0.247 e. The Bertz CT molecular complexity index is 927. The van der Waals surface area contributed by atoms with Gasteiger partial charge >= 0.3 is 0 Å². The fourth-order valence-corrected chi connectivity index (χ4v) is 3.54. The molecule has 0 saturated heterocycles. The average Bonchev–Trinajstić information content (AvgIpc) is 3.43. The lowest BCUT2D eigenvalue weighted by Gasteiger charge is -2.42. The Kier molecular flexibility index (Phi) is 3.83. The first-order chi connectivity index (χ1) is 12.9. The molecule has 1 aliphatic carbocycles. The van der Waals surface area contributed by atoms with Crippen LogP contribution in [-0.2, 0) is 9.53 Å². The highest BCUT2D eigenvalue weighted by Crippen LogP contribution is 2.48. The Morgan fingerprint density at radius 2 is 2.19 bits per heavy atom. The Balaban J connectivity index is 1.71. The van der Waals surface area contributed by atoms with E-state index in [2.05, 4.69) is 11.2 Å². The topological polar surface area (TPSA) is 119 Å². The summed E-state index contributed by atoms with van der Waals surface area (Å²) < 4.78 is 12.0. The minimum absolute atomic E-state index is 0.131. The van der Waals surface area contributed by atoms with Crippen LogP contribution in [0.15, 0.2) is 23.3 Å². The molecule has 1 amide bonds. The summed E-state index contributed by atoms with van der Waals surface area (Å²) in [4.78, 5) is 12.2. The van der Waals surface area contributed by atoms with Gasteiger partial charge in [-0.15, -0.1) is 5.10 Å². The molecule has 0 radical (unpaired) electrons. The predicted molar refractivity (Wildman–Crippen MR) is 92.1 cm³/mol. The van der Waals surface area contributed by atoms with Gasteiger partial charge in [-0.05, 0) is 38.5 Å². The third kappa shape index (κ3) is 2.79. The second-order valence-electron chi connectivity index (χ2n) is 7.49. The van der Waals surface area contributed by atoms with Crippen LogP contribution in [0.3, 0.4) is 0 Å². The number of aliphatic hydroxyl groups is 1. The molecule has 8 heteroatoms. The number of hydrogen-bond donors (Lipinski definition) is 1. The van der Waals surface area contributed by atoms with Gasteiger partial charge < -0.3 is 14.6 Å². The van der Waals surface area contributed by atoms with Crippen LogP contribution in [-0.4, -0.2) is 40.2 Å². The summed E-state index contributed by atoms with van der Waals surface area (Å²) in [6.07, 6.45) is -1.19. The minimum atomic E-state index is -1.01. The molecule has 4 rings (SSSR count). The van der Waals surface area contributed by atoms with Gasteiger partial charge in [0.2, 0.25) is 11.8 Å². The van der Waals surface area contributed by atoms with E-state index in [9.17, 15) is 15.2 Å². The van der Waals surface area contributed by atoms with Gasteiger partial charge in [0, 0.05) is 11.5 Å². The molecule has 27 heavy (non-hydrogen) atoms. The van der Waals surface area contributed by atoms with Gasteiger partial charge in [-0.1, -0.05) is 0 Å². The van der Waals surface area contributed by atoms with Crippen molar-refractivity contribution in [2.24, 2.45) is 16.9 Å². The molecule has 1 fully saturated rings. The van der Waals surface area contributed by atoms with Crippen LogP contribution in [0, 0.1) is 34.5 Å². The highest BCUT2D eigenvalue weighted by molar-refractivity contribution is 5.96. The summed E-state index contributed by atoms with van der Waals surface area (Å²) in [6.45, 7) is 3.36. The standard InChI is InChI=1S/C19H18N4O4/c1-19(2)16(24)15(13-7-10(9-21)3-4-14(13)27-19)26-17-11-8-12(11)18(25)23(22-17)6-5-20/h3-4,7,11-12,15-16,24H,6,8H2,1-2H3/t11-,12+,15-,16+/m1/s1. The van der Waals surface area contributed by atoms with Gasteiger partial charge in [0.1, 0.15) is 24.0 Å². The summed E-state index contributed by atoms with van der Waals surface area (Å²) in [5.41, 5.74) is 0.0742. The lowest BCUT2D eigenvalue weighted by molar-refractivity contribution is -0.134. The number of nitriles is 2. The normalized spacial score (nSPS) is 30.0. The third-order valence-electron chi connectivity index (χ3n) is 5.18. The molecule has 2 heterocycles. The number of rotatable bonds is 2. The molecule has 1 aromatic rings. The summed E-state index contributed by atoms with van der Waals surface area (Å²) in [5.74, 6) is 0.343. The largest absolute Gasteiger partial charge is 0.485 e. The third-order valence-corrected chi connectivity index (χ3v) is 5.18. The number of hydrogen-bond acceptors (Lipinski definition) is 7. The monoisotopic (exact) mass is 366 g/mol. The Labute approximate surface area is 156 Å². The van der Waals surface area contributed by atoms with Crippen molar-refractivity contribution in [3.63, 3.8) is 0 Å². The van der Waals surface area contributed by atoms with Crippen molar-refractivity contribution in [2.45, 2.75) is 38.1 Å². The summed E-state index contributed by atoms with van der Waals surface area (Å²) in [7, 11) is 0. The van der Waals surface area contributed by atoms with E-state index in [1.165, 1.54) is 0 Å². The van der Waals surface area contributed by atoms with E-state index in [0.717, 1.165) is 5.01 Å². The van der Waals surface area contributed by atoms with E-state index in [1.807, 2.05) is 6.07 Å². The van der Waals surface area contributed by atoms with Crippen LogP contribution in [0.2, 0.25) is 0 Å². The summed E-state index contributed by atoms with van der Waals surface area (Å²) in [6, 6.07) is 8.95. The maximum Gasteiger partial charge on any atom is 0.247 e. The second-order valence-corrected chi connectivity index (χ2v) is 7.49. The molecule has 4 atom stereocenters. The van der Waals surface area contributed by atoms with Crippen molar-refractivity contribution in [2.75, 3.05) is 6.54 Å². The van der Waals surface area contributed by atoms with Crippen LogP contribution in [0.25, 0.3) is 0 Å². The SMILES string of the molecule is CC1(C)Oc2ccc(C#N)cc2[C@@H](OC2=NN(CC#N)C(=O)[C@H]3C[C@@H]23)[C@@H]1O. The maximum atomic E-state index is 12.2. The maximum absolute atomic E-state index is 12.2. The fraction of sp³-hybridized carbons (Fsp3) is 0.474. The van der Waals surface area contributed by atoms with Crippen molar-refractivity contribution in [1.29, 1.82) is 10.5 Å². The van der Waals surface area contributed by atoms with Gasteiger partial charge in [0.15, 0.2) is 6.10 Å². The van der Waals surface area contributed by atoms with Gasteiger partial charge in [-0.3, -0.25) is 4.79 Å². The number of aliphatic hydroxyl groups excluding tert-OH is 1. The van der Waals surface area contributed by atoms with Crippen molar-refractivity contribution in [3.8, 4) is 17.9 Å². The van der Waals surface area contributed by atoms with E-state index in [-0.39, 0.29) is 24.3 Å². The number of fused-ring (bicyclic) bond motifs is 2. The first-order valence-electron chi connectivity index (χ1n) is 8.70. The van der Waals surface area contributed by atoms with Crippen LogP contribution >= 0.6 is 0 Å². The number of carbonyl (C=O) groups is 1. The van der Waals surface area contributed by atoms with Gasteiger partial charge in [-0.25, -0.2) is 5.01 Å². The summed E-state index contributed by atoms with van der Waals surface area (Å²) >= 11 is 0. The predicted octanol–water partition coefficient (Wildman–Crippen LogP) is 1.46. The molecule has 0 spiro atoms. The van der Waals surface area contributed by atoms with E-state index < -0.39 is 17.8 Å². The van der Waals surface area contributed by atoms with Crippen LogP contribution in [0.5, 0.6) is 5.75 Å². The Morgan fingerprint density at radius 3 is 2.89 bits per heavy atom. The number of benzene rings is 1. The van der Waals surface area contributed by atoms with Crippen molar-refractivity contribution in [1.82, 2.24) is 5.01 Å².